The molecule has 2 rings (SSSR count). The third-order valence-electron chi connectivity index (χ3n) is 3.15. The number of nitrogens with zero attached hydrogens (tertiary/aromatic N) is 4. The SMILES string of the molecule is COc1nc(C)nc(NC(=O)N(C)S(=O)(=O)c2ccccc2C)n1. The Labute approximate surface area is 139 Å². The van der Waals surface area contributed by atoms with Crippen LogP contribution >= 0.6 is 0 Å². The summed E-state index contributed by atoms with van der Waals surface area (Å²) in [6.07, 6.45) is 0. The number of urea groups is 1. The van der Waals surface area contributed by atoms with Crippen molar-refractivity contribution in [3.63, 3.8) is 0 Å². The van der Waals surface area contributed by atoms with E-state index in [1.54, 1.807) is 32.0 Å². The number of ether oxygens (including phenoxy) is 1. The van der Waals surface area contributed by atoms with E-state index in [1.807, 2.05) is 0 Å². The van der Waals surface area contributed by atoms with Crippen LogP contribution in [0.1, 0.15) is 11.4 Å². The van der Waals surface area contributed by atoms with Crippen molar-refractivity contribution in [3.05, 3.63) is 35.7 Å². The molecule has 2 aromatic rings. The Morgan fingerprint density at radius 3 is 2.46 bits per heavy atom. The van der Waals surface area contributed by atoms with Crippen molar-refractivity contribution < 1.29 is 17.9 Å². The van der Waals surface area contributed by atoms with E-state index in [0.29, 0.717) is 15.7 Å². The van der Waals surface area contributed by atoms with Gasteiger partial charge in [-0.15, -0.1) is 0 Å². The fraction of sp³-hybridized carbons (Fsp3) is 0.286. The summed E-state index contributed by atoms with van der Waals surface area (Å²) in [6, 6.07) is 5.51. The monoisotopic (exact) mass is 351 g/mol. The summed E-state index contributed by atoms with van der Waals surface area (Å²) in [6.45, 7) is 3.24. The largest absolute Gasteiger partial charge is 0.467 e. The molecule has 0 aliphatic heterocycles. The van der Waals surface area contributed by atoms with Gasteiger partial charge >= 0.3 is 12.0 Å². The van der Waals surface area contributed by atoms with Crippen LogP contribution in [0.2, 0.25) is 0 Å². The van der Waals surface area contributed by atoms with Crippen LogP contribution in [-0.4, -0.2) is 47.9 Å². The number of anilines is 1. The predicted octanol–water partition coefficient (Wildman–Crippen LogP) is 1.35. The summed E-state index contributed by atoms with van der Waals surface area (Å²) in [4.78, 5) is 24.0. The first-order chi connectivity index (χ1) is 11.3. The summed E-state index contributed by atoms with van der Waals surface area (Å²) in [7, 11) is -1.47. The van der Waals surface area contributed by atoms with Gasteiger partial charge in [0.05, 0.1) is 12.0 Å². The van der Waals surface area contributed by atoms with Crippen LogP contribution in [0.4, 0.5) is 10.7 Å². The van der Waals surface area contributed by atoms with E-state index in [0.717, 1.165) is 7.05 Å². The van der Waals surface area contributed by atoms with Gasteiger partial charge in [0.15, 0.2) is 0 Å². The molecule has 1 aromatic carbocycles. The minimum Gasteiger partial charge on any atom is -0.467 e. The molecule has 2 amide bonds. The molecular weight excluding hydrogens is 334 g/mol. The van der Waals surface area contributed by atoms with Gasteiger partial charge in [0.25, 0.3) is 10.0 Å². The summed E-state index contributed by atoms with van der Waals surface area (Å²) >= 11 is 0. The molecule has 0 atom stereocenters. The molecule has 1 heterocycles. The summed E-state index contributed by atoms with van der Waals surface area (Å²) in [5.74, 6) is 0.220. The highest BCUT2D eigenvalue weighted by Crippen LogP contribution is 2.19. The predicted molar refractivity (Wildman–Crippen MR) is 86.3 cm³/mol. The van der Waals surface area contributed by atoms with E-state index >= 15 is 0 Å². The van der Waals surface area contributed by atoms with E-state index in [9.17, 15) is 13.2 Å². The van der Waals surface area contributed by atoms with Gasteiger partial charge in [-0.05, 0) is 25.5 Å². The second kappa shape index (κ2) is 6.79. The molecule has 9 nitrogen and oxygen atoms in total. The van der Waals surface area contributed by atoms with Crippen LogP contribution in [0.5, 0.6) is 6.01 Å². The molecule has 0 radical (unpaired) electrons. The fourth-order valence-electron chi connectivity index (χ4n) is 1.88. The number of aryl methyl sites for hydroxylation is 2. The quantitative estimate of drug-likeness (QED) is 0.884. The molecular formula is C14H17N5O4S. The number of hydrogen-bond donors (Lipinski definition) is 1. The molecule has 0 saturated heterocycles. The lowest BCUT2D eigenvalue weighted by molar-refractivity contribution is 0.240. The van der Waals surface area contributed by atoms with E-state index < -0.39 is 16.1 Å². The van der Waals surface area contributed by atoms with Crippen LogP contribution in [0.3, 0.4) is 0 Å². The fourth-order valence-corrected chi connectivity index (χ4v) is 3.17. The van der Waals surface area contributed by atoms with E-state index in [2.05, 4.69) is 20.3 Å². The van der Waals surface area contributed by atoms with Gasteiger partial charge in [-0.2, -0.15) is 15.0 Å². The maximum atomic E-state index is 12.6. The van der Waals surface area contributed by atoms with Gasteiger partial charge in [-0.25, -0.2) is 17.5 Å². The van der Waals surface area contributed by atoms with E-state index in [4.69, 9.17) is 4.74 Å². The molecule has 1 aromatic heterocycles. The minimum absolute atomic E-state index is 0.0159. The van der Waals surface area contributed by atoms with Gasteiger partial charge in [0, 0.05) is 7.05 Å². The molecule has 24 heavy (non-hydrogen) atoms. The number of aromatic nitrogens is 3. The first-order valence-corrected chi connectivity index (χ1v) is 8.32. The van der Waals surface area contributed by atoms with Gasteiger partial charge in [-0.1, -0.05) is 18.2 Å². The Hall–Kier alpha value is -2.75. The Kier molecular flexibility index (Phi) is 4.98. The summed E-state index contributed by atoms with van der Waals surface area (Å²) in [5, 5.41) is 2.32. The lowest BCUT2D eigenvalue weighted by Gasteiger charge is -2.18. The molecule has 0 fully saturated rings. The van der Waals surface area contributed by atoms with Crippen molar-refractivity contribution in [2.75, 3.05) is 19.5 Å². The number of methoxy groups -OCH3 is 1. The topological polar surface area (TPSA) is 114 Å². The number of carbonyl (C=O) groups is 1. The summed E-state index contributed by atoms with van der Waals surface area (Å²) in [5.41, 5.74) is 0.537. The smallest absolute Gasteiger partial charge is 0.337 e. The summed E-state index contributed by atoms with van der Waals surface area (Å²) < 4.78 is 30.6. The first-order valence-electron chi connectivity index (χ1n) is 6.88. The zero-order valence-electron chi connectivity index (χ0n) is 13.6. The van der Waals surface area contributed by atoms with Crippen LogP contribution < -0.4 is 10.1 Å². The average Bonchev–Trinajstić information content (AvgIpc) is 2.53. The number of benzene rings is 1. The normalized spacial score (nSPS) is 11.0. The zero-order chi connectivity index (χ0) is 17.9. The zero-order valence-corrected chi connectivity index (χ0v) is 14.5. The van der Waals surface area contributed by atoms with Crippen LogP contribution in [-0.2, 0) is 10.0 Å². The van der Waals surface area contributed by atoms with Crippen molar-refractivity contribution in [1.29, 1.82) is 0 Å². The molecule has 0 unspecified atom stereocenters. The minimum atomic E-state index is -4.00. The molecule has 0 saturated carbocycles. The third-order valence-corrected chi connectivity index (χ3v) is 5.05. The van der Waals surface area contributed by atoms with Crippen LogP contribution in [0.15, 0.2) is 29.2 Å². The maximum Gasteiger partial charge on any atom is 0.337 e. The van der Waals surface area contributed by atoms with Crippen molar-refractivity contribution in [3.8, 4) is 6.01 Å². The second-order valence-electron chi connectivity index (χ2n) is 4.86. The number of rotatable bonds is 4. The molecule has 1 N–H and O–H groups in total. The van der Waals surface area contributed by atoms with Gasteiger partial charge in [-0.3, -0.25) is 5.32 Å². The van der Waals surface area contributed by atoms with Crippen LogP contribution in [0, 0.1) is 13.8 Å². The molecule has 10 heteroatoms. The van der Waals surface area contributed by atoms with Gasteiger partial charge in [0.1, 0.15) is 5.82 Å². The second-order valence-corrected chi connectivity index (χ2v) is 6.80. The molecule has 128 valence electrons. The standard InChI is InChI=1S/C14H17N5O4S/c1-9-7-5-6-8-11(9)24(21,22)19(3)14(20)18-12-15-10(2)16-13(17-12)23-4/h5-8H,1-4H3,(H,15,16,17,18,20). The van der Waals surface area contributed by atoms with Crippen molar-refractivity contribution in [2.45, 2.75) is 18.7 Å². The molecule has 0 aliphatic carbocycles. The number of amides is 2. The van der Waals surface area contributed by atoms with Crippen molar-refractivity contribution >= 4 is 22.0 Å². The molecule has 0 aliphatic rings. The Morgan fingerprint density at radius 2 is 1.83 bits per heavy atom. The highest BCUT2D eigenvalue weighted by Gasteiger charge is 2.27. The lowest BCUT2D eigenvalue weighted by atomic mass is 10.2. The number of carbonyl (C=O) groups excluding carboxylic acids is 1. The maximum absolute atomic E-state index is 12.6. The Morgan fingerprint density at radius 1 is 1.17 bits per heavy atom. The van der Waals surface area contributed by atoms with Crippen LogP contribution in [0.25, 0.3) is 0 Å². The van der Waals surface area contributed by atoms with E-state index in [1.165, 1.54) is 13.2 Å². The third kappa shape index (κ3) is 3.59. The first kappa shape index (κ1) is 17.6. The van der Waals surface area contributed by atoms with Gasteiger partial charge in [0.2, 0.25) is 5.95 Å². The Bertz CT molecular complexity index is 869. The van der Waals surface area contributed by atoms with Crippen molar-refractivity contribution in [2.24, 2.45) is 0 Å². The molecule has 0 bridgehead atoms. The highest BCUT2D eigenvalue weighted by molar-refractivity contribution is 7.89. The average molecular weight is 351 g/mol. The highest BCUT2D eigenvalue weighted by atomic mass is 32.2. The Balaban J connectivity index is 2.27. The van der Waals surface area contributed by atoms with Crippen molar-refractivity contribution in [1.82, 2.24) is 19.3 Å². The molecule has 0 spiro atoms. The van der Waals surface area contributed by atoms with Gasteiger partial charge < -0.3 is 4.74 Å². The number of sulfonamides is 1. The van der Waals surface area contributed by atoms with E-state index in [-0.39, 0.29) is 16.9 Å². The number of nitrogens with one attached hydrogen (secondary N) is 1. The lowest BCUT2D eigenvalue weighted by Crippen LogP contribution is -2.37. The number of hydrogen-bond acceptors (Lipinski definition) is 7.